The van der Waals surface area contributed by atoms with Gasteiger partial charge in [0.25, 0.3) is 0 Å². The van der Waals surface area contributed by atoms with Crippen molar-refractivity contribution in [1.29, 1.82) is 0 Å². The van der Waals surface area contributed by atoms with Crippen LogP contribution in [0.15, 0.2) is 52.2 Å². The second kappa shape index (κ2) is 9.59. The Bertz CT molecular complexity index is 631. The molecule has 1 aliphatic heterocycles. The lowest BCUT2D eigenvalue weighted by Gasteiger charge is -2.33. The molecule has 2 heterocycles. The molecule has 0 bridgehead atoms. The molecule has 3 rings (SSSR count). The second-order valence-corrected chi connectivity index (χ2v) is 7.29. The first-order valence-electron chi connectivity index (χ1n) is 9.15. The highest BCUT2D eigenvalue weighted by molar-refractivity contribution is 7.07. The van der Waals surface area contributed by atoms with E-state index in [2.05, 4.69) is 69.6 Å². The predicted molar refractivity (Wildman–Crippen MR) is 107 cm³/mol. The number of hydrogen-bond donors (Lipinski definition) is 2. The van der Waals surface area contributed by atoms with E-state index in [1.807, 2.05) is 0 Å². The third-order valence-electron chi connectivity index (χ3n) is 4.52. The first-order chi connectivity index (χ1) is 12.3. The van der Waals surface area contributed by atoms with Crippen molar-refractivity contribution in [3.63, 3.8) is 0 Å². The molecule has 1 saturated heterocycles. The van der Waals surface area contributed by atoms with E-state index in [-0.39, 0.29) is 0 Å². The number of thiophene rings is 1. The molecule has 2 aromatic rings. The Labute approximate surface area is 155 Å². The number of rotatable bonds is 6. The fraction of sp³-hybridized carbons (Fsp3) is 0.450. The van der Waals surface area contributed by atoms with Crippen LogP contribution in [0.25, 0.3) is 0 Å². The quantitative estimate of drug-likeness (QED) is 0.615. The number of benzene rings is 1. The maximum absolute atomic E-state index is 4.72. The Kier molecular flexibility index (Phi) is 6.89. The number of guanidine groups is 1. The summed E-state index contributed by atoms with van der Waals surface area (Å²) in [7, 11) is 0. The minimum Gasteiger partial charge on any atom is -0.357 e. The minimum atomic E-state index is 0.507. The Balaban J connectivity index is 1.46. The zero-order valence-corrected chi connectivity index (χ0v) is 15.8. The first kappa shape index (κ1) is 18.0. The van der Waals surface area contributed by atoms with Crippen LogP contribution in [0.5, 0.6) is 0 Å². The number of nitrogens with one attached hydrogen (secondary N) is 2. The lowest BCUT2D eigenvalue weighted by Crippen LogP contribution is -2.48. The van der Waals surface area contributed by atoms with Crippen molar-refractivity contribution in [3.8, 4) is 0 Å². The van der Waals surface area contributed by atoms with Crippen molar-refractivity contribution >= 4 is 17.3 Å². The van der Waals surface area contributed by atoms with Gasteiger partial charge in [0.15, 0.2) is 5.96 Å². The van der Waals surface area contributed by atoms with E-state index < -0.39 is 0 Å². The van der Waals surface area contributed by atoms with Crippen molar-refractivity contribution in [2.75, 3.05) is 19.6 Å². The maximum atomic E-state index is 4.72. The van der Waals surface area contributed by atoms with E-state index in [1.165, 1.54) is 11.1 Å². The molecule has 0 spiro atoms. The second-order valence-electron chi connectivity index (χ2n) is 6.51. The highest BCUT2D eigenvalue weighted by Crippen LogP contribution is 2.14. The van der Waals surface area contributed by atoms with E-state index in [9.17, 15) is 0 Å². The summed E-state index contributed by atoms with van der Waals surface area (Å²) in [5, 5.41) is 11.3. The monoisotopic (exact) mass is 356 g/mol. The van der Waals surface area contributed by atoms with E-state index in [1.54, 1.807) is 11.3 Å². The van der Waals surface area contributed by atoms with Crippen molar-refractivity contribution < 1.29 is 0 Å². The van der Waals surface area contributed by atoms with E-state index in [0.29, 0.717) is 6.04 Å². The predicted octanol–water partition coefficient (Wildman–Crippen LogP) is 3.47. The average molecular weight is 357 g/mol. The number of aliphatic imine (C=N–C) groups is 1. The van der Waals surface area contributed by atoms with Crippen LogP contribution in [0.2, 0.25) is 0 Å². The first-order valence-corrected chi connectivity index (χ1v) is 10.1. The Hall–Kier alpha value is -1.85. The molecule has 25 heavy (non-hydrogen) atoms. The number of hydrogen-bond acceptors (Lipinski definition) is 3. The van der Waals surface area contributed by atoms with Crippen LogP contribution in [-0.4, -0.2) is 36.5 Å². The van der Waals surface area contributed by atoms with Gasteiger partial charge in [-0.25, -0.2) is 4.99 Å². The zero-order valence-electron chi connectivity index (χ0n) is 14.9. The zero-order chi connectivity index (χ0) is 17.3. The molecule has 4 nitrogen and oxygen atoms in total. The van der Waals surface area contributed by atoms with Gasteiger partial charge in [0.05, 0.1) is 6.54 Å². The molecule has 1 aliphatic rings. The van der Waals surface area contributed by atoms with Crippen molar-refractivity contribution in [2.45, 2.75) is 38.9 Å². The van der Waals surface area contributed by atoms with Crippen LogP contribution in [0, 0.1) is 0 Å². The molecular formula is C20H28N4S. The molecule has 0 amide bonds. The van der Waals surface area contributed by atoms with Crippen molar-refractivity contribution in [3.05, 3.63) is 58.3 Å². The van der Waals surface area contributed by atoms with Crippen LogP contribution < -0.4 is 10.6 Å². The summed E-state index contributed by atoms with van der Waals surface area (Å²) in [5.74, 6) is 0.940. The highest BCUT2D eigenvalue weighted by Gasteiger charge is 2.19. The Morgan fingerprint density at radius 1 is 1.16 bits per heavy atom. The van der Waals surface area contributed by atoms with E-state index >= 15 is 0 Å². The average Bonchev–Trinajstić information content (AvgIpc) is 3.16. The van der Waals surface area contributed by atoms with Gasteiger partial charge >= 0.3 is 0 Å². The van der Waals surface area contributed by atoms with Crippen LogP contribution >= 0.6 is 11.3 Å². The molecule has 5 heteroatoms. The van der Waals surface area contributed by atoms with Gasteiger partial charge in [0, 0.05) is 32.2 Å². The molecule has 0 radical (unpaired) electrons. The lowest BCUT2D eigenvalue weighted by molar-refractivity contribution is 0.198. The third-order valence-corrected chi connectivity index (χ3v) is 5.25. The molecule has 0 saturated carbocycles. The van der Waals surface area contributed by atoms with E-state index in [4.69, 9.17) is 4.99 Å². The molecule has 2 N–H and O–H groups in total. The third kappa shape index (κ3) is 5.87. The van der Waals surface area contributed by atoms with Gasteiger partial charge in [-0.05, 0) is 47.7 Å². The summed E-state index contributed by atoms with van der Waals surface area (Å²) in [6.45, 7) is 7.07. The SMILES string of the molecule is CCNC(=NCc1ccsc1)NC1CCN(Cc2ccccc2)CC1. The number of piperidine rings is 1. The van der Waals surface area contributed by atoms with Gasteiger partial charge in [-0.3, -0.25) is 4.90 Å². The molecule has 1 aromatic heterocycles. The van der Waals surface area contributed by atoms with Gasteiger partial charge in [0.1, 0.15) is 0 Å². The van der Waals surface area contributed by atoms with Crippen molar-refractivity contribution in [2.24, 2.45) is 4.99 Å². The standard InChI is InChI=1S/C20H28N4S/c1-2-21-20(22-14-18-10-13-25-16-18)23-19-8-11-24(12-9-19)15-17-6-4-3-5-7-17/h3-7,10,13,16,19H,2,8-9,11-12,14-15H2,1H3,(H2,21,22,23). The molecule has 0 aliphatic carbocycles. The summed E-state index contributed by atoms with van der Waals surface area (Å²) in [5.41, 5.74) is 2.68. The van der Waals surface area contributed by atoms with Gasteiger partial charge in [0.2, 0.25) is 0 Å². The minimum absolute atomic E-state index is 0.507. The smallest absolute Gasteiger partial charge is 0.191 e. The maximum Gasteiger partial charge on any atom is 0.191 e. The lowest BCUT2D eigenvalue weighted by atomic mass is 10.0. The van der Waals surface area contributed by atoms with Gasteiger partial charge in [-0.15, -0.1) is 0 Å². The van der Waals surface area contributed by atoms with Gasteiger partial charge in [-0.1, -0.05) is 30.3 Å². The summed E-state index contributed by atoms with van der Waals surface area (Å²) in [6.07, 6.45) is 2.32. The fourth-order valence-electron chi connectivity index (χ4n) is 3.14. The summed E-state index contributed by atoms with van der Waals surface area (Å²) in [4.78, 5) is 7.27. The normalized spacial score (nSPS) is 16.8. The molecule has 134 valence electrons. The van der Waals surface area contributed by atoms with Crippen LogP contribution in [0.1, 0.15) is 30.9 Å². The van der Waals surface area contributed by atoms with Crippen LogP contribution in [0.4, 0.5) is 0 Å². The van der Waals surface area contributed by atoms with Gasteiger partial charge in [-0.2, -0.15) is 11.3 Å². The summed E-state index contributed by atoms with van der Waals surface area (Å²) < 4.78 is 0. The fourth-order valence-corrected chi connectivity index (χ4v) is 3.80. The van der Waals surface area contributed by atoms with Gasteiger partial charge < -0.3 is 10.6 Å². The number of likely N-dealkylation sites (tertiary alicyclic amines) is 1. The highest BCUT2D eigenvalue weighted by atomic mass is 32.1. The topological polar surface area (TPSA) is 39.7 Å². The van der Waals surface area contributed by atoms with Crippen molar-refractivity contribution in [1.82, 2.24) is 15.5 Å². The van der Waals surface area contributed by atoms with E-state index in [0.717, 1.165) is 51.5 Å². The largest absolute Gasteiger partial charge is 0.357 e. The Morgan fingerprint density at radius 3 is 2.64 bits per heavy atom. The summed E-state index contributed by atoms with van der Waals surface area (Å²) >= 11 is 1.73. The molecular weight excluding hydrogens is 328 g/mol. The molecule has 0 unspecified atom stereocenters. The molecule has 1 fully saturated rings. The Morgan fingerprint density at radius 2 is 1.96 bits per heavy atom. The van der Waals surface area contributed by atoms with Crippen LogP contribution in [0.3, 0.4) is 0 Å². The summed E-state index contributed by atoms with van der Waals surface area (Å²) in [6, 6.07) is 13.4. The molecule has 1 aromatic carbocycles. The number of nitrogens with zero attached hydrogens (tertiary/aromatic N) is 2. The van der Waals surface area contributed by atoms with Crippen LogP contribution in [-0.2, 0) is 13.1 Å². The molecule has 0 atom stereocenters.